The van der Waals surface area contributed by atoms with E-state index in [1.807, 2.05) is 20.8 Å². The Morgan fingerprint density at radius 2 is 1.62 bits per heavy atom. The lowest BCUT2D eigenvalue weighted by Gasteiger charge is -2.44. The van der Waals surface area contributed by atoms with Crippen molar-refractivity contribution in [1.82, 2.24) is 10.2 Å². The van der Waals surface area contributed by atoms with E-state index < -0.39 is 32.1 Å². The molecule has 1 fully saturated rings. The van der Waals surface area contributed by atoms with Gasteiger partial charge in [-0.3, -0.25) is 9.59 Å². The highest BCUT2D eigenvalue weighted by Crippen LogP contribution is 2.27. The third-order valence-corrected chi connectivity index (χ3v) is 6.22. The third kappa shape index (κ3) is 3.56. The van der Waals surface area contributed by atoms with Crippen LogP contribution in [0.2, 0.25) is 0 Å². The number of amides is 2. The number of nitrogens with one attached hydrogen (secondary N) is 1. The summed E-state index contributed by atoms with van der Waals surface area (Å²) in [6.07, 6.45) is 1.15. The monoisotopic (exact) mass is 318 g/mol. The lowest BCUT2D eigenvalue weighted by Crippen LogP contribution is -2.67. The van der Waals surface area contributed by atoms with Crippen molar-refractivity contribution in [3.63, 3.8) is 0 Å². The first-order valence-corrected chi connectivity index (χ1v) is 8.88. The highest BCUT2D eigenvalue weighted by molar-refractivity contribution is 7.92. The van der Waals surface area contributed by atoms with Crippen LogP contribution in [-0.2, 0) is 19.4 Å². The molecule has 1 N–H and O–H groups in total. The molecular weight excluding hydrogens is 292 g/mol. The van der Waals surface area contributed by atoms with Crippen molar-refractivity contribution in [2.24, 2.45) is 5.41 Å². The Balaban J connectivity index is 3.15. The Morgan fingerprint density at radius 1 is 1.14 bits per heavy atom. The second-order valence-corrected chi connectivity index (χ2v) is 10.1. The fourth-order valence-electron chi connectivity index (χ4n) is 2.15. The molecule has 1 heterocycles. The van der Waals surface area contributed by atoms with E-state index in [4.69, 9.17) is 0 Å². The second-order valence-electron chi connectivity index (χ2n) is 7.48. The molecule has 0 aromatic rings. The number of hydrogen-bond donors (Lipinski definition) is 1. The van der Waals surface area contributed by atoms with Crippen molar-refractivity contribution < 1.29 is 18.0 Å². The SMILES string of the molecule is CC1C(=O)NC(C(C)(C)C)C(=O)N1CC(C)(C)S(C)(=O)=O. The van der Waals surface area contributed by atoms with Crippen LogP contribution in [0.1, 0.15) is 41.5 Å². The van der Waals surface area contributed by atoms with Crippen LogP contribution in [0.5, 0.6) is 0 Å². The zero-order chi connectivity index (χ0) is 16.8. The largest absolute Gasteiger partial charge is 0.342 e. The van der Waals surface area contributed by atoms with Crippen molar-refractivity contribution in [3.05, 3.63) is 0 Å². The normalized spacial score (nSPS) is 25.0. The molecule has 122 valence electrons. The zero-order valence-electron chi connectivity index (χ0n) is 13.9. The third-order valence-electron chi connectivity index (χ3n) is 4.08. The Bertz CT molecular complexity index is 546. The molecule has 7 heteroatoms. The van der Waals surface area contributed by atoms with Gasteiger partial charge in [0.2, 0.25) is 11.8 Å². The van der Waals surface area contributed by atoms with Gasteiger partial charge < -0.3 is 10.2 Å². The molecule has 0 radical (unpaired) electrons. The fraction of sp³-hybridized carbons (Fsp3) is 0.857. The predicted molar refractivity (Wildman–Crippen MR) is 81.5 cm³/mol. The van der Waals surface area contributed by atoms with Crippen molar-refractivity contribution in [1.29, 1.82) is 0 Å². The van der Waals surface area contributed by atoms with E-state index in [-0.39, 0.29) is 18.4 Å². The maximum absolute atomic E-state index is 12.6. The van der Waals surface area contributed by atoms with Crippen LogP contribution in [0.15, 0.2) is 0 Å². The first kappa shape index (κ1) is 17.9. The average Bonchev–Trinajstić information content (AvgIpc) is 2.26. The first-order valence-electron chi connectivity index (χ1n) is 6.99. The minimum Gasteiger partial charge on any atom is -0.342 e. The van der Waals surface area contributed by atoms with Crippen LogP contribution in [0, 0.1) is 5.41 Å². The zero-order valence-corrected chi connectivity index (χ0v) is 14.7. The standard InChI is InChI=1S/C14H26N2O4S/c1-9-11(17)15-10(13(2,3)4)12(18)16(9)8-14(5,6)21(7,19)20/h9-10H,8H2,1-7H3,(H,15,17). The van der Waals surface area contributed by atoms with Gasteiger partial charge in [-0.1, -0.05) is 20.8 Å². The molecule has 0 saturated carbocycles. The quantitative estimate of drug-likeness (QED) is 0.824. The second kappa shape index (κ2) is 5.26. The van der Waals surface area contributed by atoms with Gasteiger partial charge in [0.1, 0.15) is 12.1 Å². The van der Waals surface area contributed by atoms with Gasteiger partial charge in [0.05, 0.1) is 4.75 Å². The number of carbonyl (C=O) groups excluding carboxylic acids is 2. The van der Waals surface area contributed by atoms with Gasteiger partial charge in [-0.2, -0.15) is 0 Å². The van der Waals surface area contributed by atoms with Crippen molar-refractivity contribution in [2.45, 2.75) is 58.4 Å². The molecule has 0 aromatic heterocycles. The Labute approximate surface area is 127 Å². The van der Waals surface area contributed by atoms with Crippen LogP contribution >= 0.6 is 0 Å². The smallest absolute Gasteiger partial charge is 0.246 e. The van der Waals surface area contributed by atoms with Gasteiger partial charge in [0.25, 0.3) is 0 Å². The Hall–Kier alpha value is -1.11. The van der Waals surface area contributed by atoms with Gasteiger partial charge in [0, 0.05) is 12.8 Å². The molecule has 1 aliphatic heterocycles. The summed E-state index contributed by atoms with van der Waals surface area (Å²) in [5.41, 5.74) is -0.430. The average molecular weight is 318 g/mol. The summed E-state index contributed by atoms with van der Waals surface area (Å²) in [6.45, 7) is 10.4. The van der Waals surface area contributed by atoms with Crippen LogP contribution < -0.4 is 5.32 Å². The van der Waals surface area contributed by atoms with E-state index in [9.17, 15) is 18.0 Å². The molecule has 21 heavy (non-hydrogen) atoms. The van der Waals surface area contributed by atoms with Crippen LogP contribution in [0.25, 0.3) is 0 Å². The van der Waals surface area contributed by atoms with Crippen LogP contribution in [0.3, 0.4) is 0 Å². The van der Waals surface area contributed by atoms with E-state index in [1.54, 1.807) is 20.8 Å². The molecule has 6 nitrogen and oxygen atoms in total. The molecule has 1 rings (SSSR count). The first-order chi connectivity index (χ1) is 9.18. The van der Waals surface area contributed by atoms with Gasteiger partial charge in [-0.05, 0) is 26.2 Å². The minimum absolute atomic E-state index is 0.00579. The molecule has 0 aliphatic carbocycles. The van der Waals surface area contributed by atoms with E-state index in [2.05, 4.69) is 5.32 Å². The highest BCUT2D eigenvalue weighted by Gasteiger charge is 2.46. The van der Waals surface area contributed by atoms with E-state index in [0.717, 1.165) is 6.26 Å². The summed E-state index contributed by atoms with van der Waals surface area (Å²) in [4.78, 5) is 26.1. The van der Waals surface area contributed by atoms with Gasteiger partial charge in [-0.15, -0.1) is 0 Å². The lowest BCUT2D eigenvalue weighted by molar-refractivity contribution is -0.152. The molecule has 0 bridgehead atoms. The van der Waals surface area contributed by atoms with Crippen LogP contribution in [0.4, 0.5) is 0 Å². The maximum Gasteiger partial charge on any atom is 0.246 e. The number of carbonyl (C=O) groups is 2. The molecule has 2 amide bonds. The molecule has 1 saturated heterocycles. The summed E-state index contributed by atoms with van der Waals surface area (Å²) in [5, 5.41) is 2.73. The summed E-state index contributed by atoms with van der Waals surface area (Å²) in [5.74, 6) is -0.481. The van der Waals surface area contributed by atoms with Crippen molar-refractivity contribution in [2.75, 3.05) is 12.8 Å². The topological polar surface area (TPSA) is 83.6 Å². The number of piperazine rings is 1. The van der Waals surface area contributed by atoms with E-state index >= 15 is 0 Å². The molecular formula is C14H26N2O4S. The number of rotatable bonds is 3. The van der Waals surface area contributed by atoms with Crippen molar-refractivity contribution >= 4 is 21.7 Å². The van der Waals surface area contributed by atoms with Crippen molar-refractivity contribution in [3.8, 4) is 0 Å². The van der Waals surface area contributed by atoms with E-state index in [1.165, 1.54) is 4.90 Å². The Kier molecular flexibility index (Phi) is 4.50. The molecule has 2 atom stereocenters. The summed E-state index contributed by atoms with van der Waals surface area (Å²) < 4.78 is 22.6. The molecule has 2 unspecified atom stereocenters. The number of hydrogen-bond acceptors (Lipinski definition) is 4. The molecule has 1 aliphatic rings. The lowest BCUT2D eigenvalue weighted by atomic mass is 9.84. The molecule has 0 spiro atoms. The molecule has 0 aromatic carbocycles. The van der Waals surface area contributed by atoms with Crippen LogP contribution in [-0.4, -0.2) is 54.8 Å². The maximum atomic E-state index is 12.6. The summed E-state index contributed by atoms with van der Waals surface area (Å²) in [7, 11) is -3.34. The fourth-order valence-corrected chi connectivity index (χ4v) is 2.53. The van der Waals surface area contributed by atoms with Gasteiger partial charge >= 0.3 is 0 Å². The Morgan fingerprint density at radius 3 is 2.00 bits per heavy atom. The minimum atomic E-state index is -3.34. The summed E-state index contributed by atoms with van der Waals surface area (Å²) >= 11 is 0. The summed E-state index contributed by atoms with van der Waals surface area (Å²) in [6, 6.07) is -1.31. The number of sulfone groups is 1. The number of nitrogens with zero attached hydrogens (tertiary/aromatic N) is 1. The highest BCUT2D eigenvalue weighted by atomic mass is 32.2. The van der Waals surface area contributed by atoms with Gasteiger partial charge in [-0.25, -0.2) is 8.42 Å². The predicted octanol–water partition coefficient (Wildman–Crippen LogP) is 0.571. The van der Waals surface area contributed by atoms with E-state index in [0.29, 0.717) is 0 Å². The van der Waals surface area contributed by atoms with Gasteiger partial charge in [0.15, 0.2) is 9.84 Å².